The number of ether oxygens (including phenoxy) is 1. The van der Waals surface area contributed by atoms with E-state index in [0.29, 0.717) is 28.4 Å². The summed E-state index contributed by atoms with van der Waals surface area (Å²) in [6.45, 7) is 9.37. The van der Waals surface area contributed by atoms with Gasteiger partial charge in [-0.25, -0.2) is 4.39 Å². The molecule has 1 N–H and O–H groups in total. The molecule has 0 spiro atoms. The van der Waals surface area contributed by atoms with Gasteiger partial charge < -0.3 is 4.74 Å². The van der Waals surface area contributed by atoms with Crippen molar-refractivity contribution in [1.82, 2.24) is 10.2 Å². The second kappa shape index (κ2) is 11.8. The van der Waals surface area contributed by atoms with Gasteiger partial charge in [-0.15, -0.1) is 10.2 Å². The number of hydrogen-bond donors (Lipinski definition) is 1. The van der Waals surface area contributed by atoms with E-state index < -0.39 is 5.91 Å². The molecule has 7 heteroatoms. The lowest BCUT2D eigenvalue weighted by Gasteiger charge is -2.17. The molecule has 0 aliphatic rings. The highest BCUT2D eigenvalue weighted by Gasteiger charge is 2.22. The highest BCUT2D eigenvalue weighted by molar-refractivity contribution is 7.13. The molecule has 0 unspecified atom stereocenters. The van der Waals surface area contributed by atoms with Crippen LogP contribution in [0.5, 0.6) is 0 Å². The van der Waals surface area contributed by atoms with Crippen LogP contribution in [-0.2, 0) is 9.53 Å². The van der Waals surface area contributed by atoms with Gasteiger partial charge in [0, 0.05) is 11.1 Å². The molecule has 0 fully saturated rings. The number of nitrogens with zero attached hydrogens (tertiary/aromatic N) is 2. The minimum Gasteiger partial charge on any atom is -0.496 e. The Bertz CT molecular complexity index is 856. The van der Waals surface area contributed by atoms with Gasteiger partial charge in [-0.05, 0) is 40.7 Å². The van der Waals surface area contributed by atoms with Crippen LogP contribution in [-0.4, -0.2) is 23.2 Å². The fourth-order valence-corrected chi connectivity index (χ4v) is 2.60. The third-order valence-corrected chi connectivity index (χ3v) is 4.48. The summed E-state index contributed by atoms with van der Waals surface area (Å²) in [5.74, 6) is -0.107. The molecule has 1 rings (SSSR count). The minimum absolute atomic E-state index is 0.168. The Morgan fingerprint density at radius 3 is 2.39 bits per heavy atom. The molecular formula is C21H26FN3O2S. The quantitative estimate of drug-likeness (QED) is 0.345. The highest BCUT2D eigenvalue weighted by atomic mass is 32.1. The maximum atomic E-state index is 14.0. The molecule has 28 heavy (non-hydrogen) atoms. The largest absolute Gasteiger partial charge is 0.496 e. The van der Waals surface area contributed by atoms with Gasteiger partial charge in [0.25, 0.3) is 5.91 Å². The maximum absolute atomic E-state index is 14.0. The van der Waals surface area contributed by atoms with E-state index in [9.17, 15) is 9.18 Å². The number of carbonyl (C=O) groups is 1. The first-order valence-electron chi connectivity index (χ1n) is 8.67. The number of allylic oxidation sites excluding steroid dienone is 8. The van der Waals surface area contributed by atoms with Crippen LogP contribution in [0.15, 0.2) is 75.8 Å². The predicted octanol–water partition coefficient (Wildman–Crippen LogP) is 5.67. The number of aromatic nitrogens is 2. The molecule has 0 aromatic carbocycles. The number of carbonyl (C=O) groups excluding carboxylic acids is 1. The summed E-state index contributed by atoms with van der Waals surface area (Å²) in [5, 5.41) is 10.6. The Balaban J connectivity index is 3.53. The van der Waals surface area contributed by atoms with E-state index in [0.717, 1.165) is 11.1 Å². The molecule has 0 saturated carbocycles. The maximum Gasteiger partial charge on any atom is 0.257 e. The van der Waals surface area contributed by atoms with Crippen LogP contribution < -0.4 is 5.32 Å². The molecule has 0 saturated heterocycles. The van der Waals surface area contributed by atoms with Gasteiger partial charge >= 0.3 is 0 Å². The number of anilines is 1. The van der Waals surface area contributed by atoms with Crippen LogP contribution in [0, 0.1) is 0 Å². The summed E-state index contributed by atoms with van der Waals surface area (Å²) in [6.07, 6.45) is 9.05. The zero-order chi connectivity index (χ0) is 21.1. The first kappa shape index (κ1) is 23.2. The SMILES string of the molecule is C/C=C\C=C(\OC)C(=CF)C(=C/C(C)=C(C)C)/C(=C\C)C(=O)Nc1nncs1. The normalized spacial score (nSPS) is 13.7. The van der Waals surface area contributed by atoms with E-state index >= 15 is 0 Å². The summed E-state index contributed by atoms with van der Waals surface area (Å²) >= 11 is 1.20. The number of amides is 1. The Hall–Kier alpha value is -2.80. The number of nitrogens with one attached hydrogen (secondary N) is 1. The molecule has 0 radical (unpaired) electrons. The second-order valence-corrected chi connectivity index (χ2v) is 6.76. The van der Waals surface area contributed by atoms with E-state index in [1.165, 1.54) is 24.0 Å². The molecule has 0 aliphatic carbocycles. The number of rotatable bonds is 8. The molecular weight excluding hydrogens is 377 g/mol. The van der Waals surface area contributed by atoms with Gasteiger partial charge in [-0.1, -0.05) is 46.8 Å². The molecule has 1 amide bonds. The summed E-state index contributed by atoms with van der Waals surface area (Å²) < 4.78 is 19.4. The second-order valence-electron chi connectivity index (χ2n) is 5.92. The number of methoxy groups -OCH3 is 1. The van der Waals surface area contributed by atoms with Gasteiger partial charge in [0.15, 0.2) is 0 Å². The topological polar surface area (TPSA) is 64.1 Å². The van der Waals surface area contributed by atoms with E-state index in [4.69, 9.17) is 4.74 Å². The van der Waals surface area contributed by atoms with E-state index in [-0.39, 0.29) is 5.57 Å². The fourth-order valence-electron chi connectivity index (χ4n) is 2.16. The molecule has 1 aromatic rings. The number of hydrogen-bond acceptors (Lipinski definition) is 5. The van der Waals surface area contributed by atoms with Crippen LogP contribution in [0.2, 0.25) is 0 Å². The van der Waals surface area contributed by atoms with Gasteiger partial charge in [0.1, 0.15) is 11.3 Å². The first-order valence-corrected chi connectivity index (χ1v) is 9.55. The summed E-state index contributed by atoms with van der Waals surface area (Å²) in [7, 11) is 1.46. The average molecular weight is 404 g/mol. The van der Waals surface area contributed by atoms with Gasteiger partial charge in [0.05, 0.1) is 19.0 Å². The van der Waals surface area contributed by atoms with E-state index in [1.807, 2.05) is 27.7 Å². The van der Waals surface area contributed by atoms with Crippen molar-refractivity contribution in [3.63, 3.8) is 0 Å². The molecule has 5 nitrogen and oxygen atoms in total. The zero-order valence-electron chi connectivity index (χ0n) is 17.0. The molecule has 1 heterocycles. The van der Waals surface area contributed by atoms with Gasteiger partial charge in [0.2, 0.25) is 5.13 Å². The minimum atomic E-state index is -0.409. The molecule has 0 bridgehead atoms. The third kappa shape index (κ3) is 6.42. The van der Waals surface area contributed by atoms with Crippen LogP contribution in [0.4, 0.5) is 9.52 Å². The van der Waals surface area contributed by atoms with E-state index in [1.54, 1.807) is 37.3 Å². The van der Waals surface area contributed by atoms with Crippen LogP contribution >= 0.6 is 11.3 Å². The Morgan fingerprint density at radius 2 is 1.93 bits per heavy atom. The Kier molecular flexibility index (Phi) is 9.81. The van der Waals surface area contributed by atoms with Gasteiger partial charge in [-0.3, -0.25) is 10.1 Å². The van der Waals surface area contributed by atoms with Crippen molar-refractivity contribution in [2.24, 2.45) is 0 Å². The molecule has 150 valence electrons. The fraction of sp³-hybridized carbons (Fsp3) is 0.286. The van der Waals surface area contributed by atoms with Crippen molar-refractivity contribution < 1.29 is 13.9 Å². The monoisotopic (exact) mass is 403 g/mol. The molecule has 1 aromatic heterocycles. The average Bonchev–Trinajstić information content (AvgIpc) is 3.17. The van der Waals surface area contributed by atoms with Crippen LogP contribution in [0.3, 0.4) is 0 Å². The first-order chi connectivity index (χ1) is 13.4. The van der Waals surface area contributed by atoms with Crippen molar-refractivity contribution in [2.45, 2.75) is 34.6 Å². The standard InChI is InChI=1S/C21H26FN3O2S/c1-7-9-10-19(27-6)18(12-22)17(11-15(5)14(3)4)16(8-2)20(26)24-21-25-23-13-28-21/h7-13H,1-6H3,(H,24,25,26)/b9-7-,16-8+,17-11+,18-12?,19-10+. The van der Waals surface area contributed by atoms with Crippen molar-refractivity contribution in [3.8, 4) is 0 Å². The summed E-state index contributed by atoms with van der Waals surface area (Å²) in [5.41, 5.74) is 4.35. The lowest BCUT2D eigenvalue weighted by Crippen LogP contribution is -2.17. The highest BCUT2D eigenvalue weighted by Crippen LogP contribution is 2.30. The van der Waals surface area contributed by atoms with Crippen LogP contribution in [0.25, 0.3) is 0 Å². The molecule has 0 atom stereocenters. The molecule has 0 aliphatic heterocycles. The summed E-state index contributed by atoms with van der Waals surface area (Å²) in [4.78, 5) is 12.9. The van der Waals surface area contributed by atoms with Crippen molar-refractivity contribution in [3.05, 3.63) is 75.8 Å². The Morgan fingerprint density at radius 1 is 1.21 bits per heavy atom. The Labute approximate surface area is 169 Å². The predicted molar refractivity (Wildman–Crippen MR) is 114 cm³/mol. The lowest BCUT2D eigenvalue weighted by molar-refractivity contribution is -0.112. The smallest absolute Gasteiger partial charge is 0.257 e. The van der Waals surface area contributed by atoms with E-state index in [2.05, 4.69) is 15.5 Å². The van der Waals surface area contributed by atoms with Gasteiger partial charge in [-0.2, -0.15) is 0 Å². The van der Waals surface area contributed by atoms with Crippen molar-refractivity contribution >= 4 is 22.4 Å². The zero-order valence-corrected chi connectivity index (χ0v) is 17.9. The summed E-state index contributed by atoms with van der Waals surface area (Å²) in [6, 6.07) is 0. The number of halogens is 1. The van der Waals surface area contributed by atoms with Crippen molar-refractivity contribution in [2.75, 3.05) is 12.4 Å². The lowest BCUT2D eigenvalue weighted by atomic mass is 9.93. The van der Waals surface area contributed by atoms with Crippen LogP contribution in [0.1, 0.15) is 34.6 Å². The third-order valence-electron chi connectivity index (χ3n) is 3.88. The van der Waals surface area contributed by atoms with Crippen molar-refractivity contribution in [1.29, 1.82) is 0 Å².